The fourth-order valence-corrected chi connectivity index (χ4v) is 5.25. The molecule has 3 heterocycles. The summed E-state index contributed by atoms with van der Waals surface area (Å²) in [6.07, 6.45) is 4.11. The van der Waals surface area contributed by atoms with E-state index in [1.54, 1.807) is 5.01 Å². The van der Waals surface area contributed by atoms with Gasteiger partial charge in [-0.05, 0) is 51.3 Å². The number of nitrogens with two attached hydrogens (primary N) is 1. The van der Waals surface area contributed by atoms with Crippen LogP contribution in [-0.4, -0.2) is 35.6 Å². The lowest BCUT2D eigenvalue weighted by molar-refractivity contribution is 0.108. The summed E-state index contributed by atoms with van der Waals surface area (Å²) in [4.78, 5) is 5.78. The van der Waals surface area contributed by atoms with Crippen molar-refractivity contribution in [3.05, 3.63) is 57.5 Å². The first-order valence-corrected chi connectivity index (χ1v) is 11.7. The van der Waals surface area contributed by atoms with E-state index in [0.29, 0.717) is 23.2 Å². The van der Waals surface area contributed by atoms with Crippen LogP contribution in [0.1, 0.15) is 74.8 Å². The summed E-state index contributed by atoms with van der Waals surface area (Å²) in [5.41, 5.74) is 5.59. The van der Waals surface area contributed by atoms with E-state index in [0.717, 1.165) is 47.0 Å². The number of nitrogens with zero attached hydrogens (tertiary/aromatic N) is 3. The van der Waals surface area contributed by atoms with E-state index in [1.165, 1.54) is 0 Å². The second-order valence-electron chi connectivity index (χ2n) is 9.12. The third-order valence-corrected chi connectivity index (χ3v) is 7.22. The van der Waals surface area contributed by atoms with Crippen molar-refractivity contribution in [3.8, 4) is 11.8 Å². The minimum absolute atomic E-state index is 0.0721. The average molecular weight is 454 g/mol. The van der Waals surface area contributed by atoms with Gasteiger partial charge in [0.15, 0.2) is 0 Å². The zero-order chi connectivity index (χ0) is 23.2. The predicted molar refractivity (Wildman–Crippen MR) is 129 cm³/mol. The van der Waals surface area contributed by atoms with E-state index in [2.05, 4.69) is 42.8 Å². The number of anilines is 1. The van der Waals surface area contributed by atoms with Crippen molar-refractivity contribution >= 4 is 17.3 Å². The molecule has 2 unspecified atom stereocenters. The van der Waals surface area contributed by atoms with Gasteiger partial charge in [0, 0.05) is 54.1 Å². The largest absolute Gasteiger partial charge is 0.493 e. The highest BCUT2D eigenvalue weighted by atomic mass is 35.5. The van der Waals surface area contributed by atoms with Crippen molar-refractivity contribution in [2.75, 3.05) is 24.7 Å². The molecule has 1 aromatic heterocycles. The maximum atomic E-state index is 9.94. The molecular weight excluding hydrogens is 422 g/mol. The lowest BCUT2D eigenvalue weighted by Crippen LogP contribution is -2.49. The topological polar surface area (TPSA) is 81.3 Å². The number of benzene rings is 1. The maximum absolute atomic E-state index is 9.94. The number of nitrogens with one attached hydrogen (secondary N) is 1. The Balaban J connectivity index is 1.82. The van der Waals surface area contributed by atoms with Crippen molar-refractivity contribution in [2.24, 2.45) is 5.84 Å². The number of aromatic amines is 1. The van der Waals surface area contributed by atoms with E-state index in [9.17, 15) is 5.26 Å². The third-order valence-electron chi connectivity index (χ3n) is 6.92. The summed E-state index contributed by atoms with van der Waals surface area (Å²) in [6.45, 7) is 12.9. The maximum Gasteiger partial charge on any atom is 0.127 e. The molecule has 0 aliphatic carbocycles. The SMILES string of the molecule is CCOc1c(C(C)C2C=C(C)N(N)c3cc[nH]c32)cc(Cl)c(C#N)c1C1CN(C(C)C)C1. The monoisotopic (exact) mass is 453 g/mol. The molecule has 0 amide bonds. The summed E-state index contributed by atoms with van der Waals surface area (Å²) in [5.74, 6) is 7.48. The van der Waals surface area contributed by atoms with Crippen molar-refractivity contribution < 1.29 is 4.74 Å². The number of rotatable bonds is 6. The molecule has 0 saturated carbocycles. The Bertz CT molecular complexity index is 1080. The number of H-pyrrole nitrogens is 1. The summed E-state index contributed by atoms with van der Waals surface area (Å²) in [7, 11) is 0. The predicted octanol–water partition coefficient (Wildman–Crippen LogP) is 5.23. The molecule has 2 aromatic rings. The van der Waals surface area contributed by atoms with Gasteiger partial charge in [-0.25, -0.2) is 5.84 Å². The number of hydrogen-bond acceptors (Lipinski definition) is 5. The second kappa shape index (κ2) is 8.82. The molecular formula is C25H32ClN5O. The summed E-state index contributed by atoms with van der Waals surface area (Å²) < 4.78 is 6.25. The first kappa shape index (κ1) is 22.7. The molecule has 0 radical (unpaired) electrons. The van der Waals surface area contributed by atoms with Crippen LogP contribution in [0.5, 0.6) is 5.75 Å². The molecule has 2 aliphatic heterocycles. The highest BCUT2D eigenvalue weighted by Crippen LogP contribution is 2.49. The Morgan fingerprint density at radius 1 is 1.34 bits per heavy atom. The fraction of sp³-hybridized carbons (Fsp3) is 0.480. The van der Waals surface area contributed by atoms with Crippen LogP contribution in [0.4, 0.5) is 5.69 Å². The van der Waals surface area contributed by atoms with E-state index < -0.39 is 0 Å². The second-order valence-corrected chi connectivity index (χ2v) is 9.53. The van der Waals surface area contributed by atoms with E-state index in [-0.39, 0.29) is 17.8 Å². The normalized spacial score (nSPS) is 19.9. The van der Waals surface area contributed by atoms with Gasteiger partial charge in [-0.3, -0.25) is 9.91 Å². The number of fused-ring (bicyclic) bond motifs is 1. The minimum Gasteiger partial charge on any atom is -0.493 e. The number of ether oxygens (including phenoxy) is 1. The number of hydrogen-bond donors (Lipinski definition) is 2. The highest BCUT2D eigenvalue weighted by molar-refractivity contribution is 6.32. The minimum atomic E-state index is 0.0721. The first-order chi connectivity index (χ1) is 15.3. The number of halogens is 1. The number of nitriles is 1. The average Bonchev–Trinajstić information content (AvgIpc) is 3.20. The van der Waals surface area contributed by atoms with Crippen LogP contribution in [-0.2, 0) is 0 Å². The molecule has 0 bridgehead atoms. The first-order valence-electron chi connectivity index (χ1n) is 11.3. The quantitative estimate of drug-likeness (QED) is 0.585. The third kappa shape index (κ3) is 3.69. The van der Waals surface area contributed by atoms with E-state index in [4.69, 9.17) is 22.2 Å². The highest BCUT2D eigenvalue weighted by Gasteiger charge is 2.37. The van der Waals surface area contributed by atoms with Crippen molar-refractivity contribution in [1.29, 1.82) is 5.26 Å². The zero-order valence-electron chi connectivity index (χ0n) is 19.4. The Morgan fingerprint density at radius 2 is 2.06 bits per heavy atom. The molecule has 0 spiro atoms. The Morgan fingerprint density at radius 3 is 2.69 bits per heavy atom. The van der Waals surface area contributed by atoms with Gasteiger partial charge in [0.2, 0.25) is 0 Å². The van der Waals surface area contributed by atoms with Gasteiger partial charge < -0.3 is 9.72 Å². The van der Waals surface area contributed by atoms with Crippen LogP contribution in [0.3, 0.4) is 0 Å². The molecule has 4 rings (SSSR count). The van der Waals surface area contributed by atoms with Gasteiger partial charge in [0.1, 0.15) is 11.8 Å². The molecule has 170 valence electrons. The summed E-state index contributed by atoms with van der Waals surface area (Å²) >= 11 is 6.70. The Hall–Kier alpha value is -2.46. The van der Waals surface area contributed by atoms with Gasteiger partial charge in [0.25, 0.3) is 0 Å². The Labute approximate surface area is 195 Å². The molecule has 2 aliphatic rings. The van der Waals surface area contributed by atoms with Gasteiger partial charge >= 0.3 is 0 Å². The molecule has 1 aromatic carbocycles. The van der Waals surface area contributed by atoms with Crippen molar-refractivity contribution in [2.45, 2.75) is 58.4 Å². The summed E-state index contributed by atoms with van der Waals surface area (Å²) in [5, 5.41) is 12.2. The number of hydrazine groups is 1. The number of aromatic nitrogens is 1. The van der Waals surface area contributed by atoms with Crippen molar-refractivity contribution in [1.82, 2.24) is 9.88 Å². The van der Waals surface area contributed by atoms with Crippen molar-refractivity contribution in [3.63, 3.8) is 0 Å². The standard InChI is InChI=1S/C25H32ClN5O/c1-6-32-25-19(16(5)18-9-15(4)31(28)22-7-8-29-24(18)22)10-21(26)20(11-27)23(25)17-12-30(13-17)14(2)3/h7-10,14,16-18,29H,6,12-13,28H2,1-5H3. The molecule has 7 heteroatoms. The van der Waals surface area contributed by atoms with Gasteiger partial charge in [-0.1, -0.05) is 24.6 Å². The van der Waals surface area contributed by atoms with E-state index in [1.807, 2.05) is 32.2 Å². The molecule has 1 fully saturated rings. The molecule has 6 nitrogen and oxygen atoms in total. The van der Waals surface area contributed by atoms with Crippen LogP contribution >= 0.6 is 11.6 Å². The van der Waals surface area contributed by atoms with Crippen LogP contribution in [0.25, 0.3) is 0 Å². The van der Waals surface area contributed by atoms with Gasteiger partial charge in [-0.15, -0.1) is 0 Å². The van der Waals surface area contributed by atoms with Crippen LogP contribution < -0.4 is 15.6 Å². The van der Waals surface area contributed by atoms with Crippen LogP contribution in [0.2, 0.25) is 5.02 Å². The number of likely N-dealkylation sites (tertiary alicyclic amines) is 1. The zero-order valence-corrected chi connectivity index (χ0v) is 20.2. The Kier molecular flexibility index (Phi) is 6.26. The molecule has 1 saturated heterocycles. The van der Waals surface area contributed by atoms with E-state index >= 15 is 0 Å². The fourth-order valence-electron chi connectivity index (χ4n) is 4.99. The van der Waals surface area contributed by atoms with Gasteiger partial charge in [-0.2, -0.15) is 5.26 Å². The molecule has 2 atom stereocenters. The van der Waals surface area contributed by atoms with Gasteiger partial charge in [0.05, 0.1) is 22.9 Å². The summed E-state index contributed by atoms with van der Waals surface area (Å²) in [6, 6.07) is 6.76. The molecule has 3 N–H and O–H groups in total. The smallest absolute Gasteiger partial charge is 0.127 e. The lowest BCUT2D eigenvalue weighted by Gasteiger charge is -2.43. The molecule has 32 heavy (non-hydrogen) atoms. The van der Waals surface area contributed by atoms with Crippen LogP contribution in [0, 0.1) is 11.3 Å². The number of allylic oxidation sites excluding steroid dienone is 2. The van der Waals surface area contributed by atoms with Crippen LogP contribution in [0.15, 0.2) is 30.1 Å². The lowest BCUT2D eigenvalue weighted by atomic mass is 9.78.